The number of piperidine rings is 1. The van der Waals surface area contributed by atoms with E-state index in [9.17, 15) is 9.90 Å². The van der Waals surface area contributed by atoms with Gasteiger partial charge in [0.15, 0.2) is 0 Å². The summed E-state index contributed by atoms with van der Waals surface area (Å²) in [4.78, 5) is 16.3. The predicted molar refractivity (Wildman–Crippen MR) is 140 cm³/mol. The Morgan fingerprint density at radius 1 is 1.32 bits per heavy atom. The van der Waals surface area contributed by atoms with Gasteiger partial charge in [-0.2, -0.15) is 0 Å². The van der Waals surface area contributed by atoms with E-state index in [0.717, 1.165) is 58.9 Å². The first-order chi connectivity index (χ1) is 16.4. The minimum atomic E-state index is -0.813. The smallest absolute Gasteiger partial charge is 0.244 e. The van der Waals surface area contributed by atoms with Crippen LogP contribution in [0.25, 0.3) is 6.08 Å². The first-order valence-electron chi connectivity index (χ1n) is 12.2. The Morgan fingerprint density at radius 3 is 2.91 bits per heavy atom. The molecule has 5 rings (SSSR count). The molecule has 0 bridgehead atoms. The number of benzene rings is 1. The molecule has 3 aliphatic rings. The lowest BCUT2D eigenvalue weighted by atomic mass is 9.55. The monoisotopic (exact) mass is 544 g/mol. The largest absolute Gasteiger partial charge is 0.497 e. The van der Waals surface area contributed by atoms with Crippen molar-refractivity contribution in [1.82, 2.24) is 10.2 Å². The zero-order valence-corrected chi connectivity index (χ0v) is 22.0. The highest BCUT2D eigenvalue weighted by molar-refractivity contribution is 9.10. The number of carbonyl (C=O) groups excluding carboxylic acids is 1. The zero-order valence-electron chi connectivity index (χ0n) is 19.6. The molecule has 1 aromatic carbocycles. The van der Waals surface area contributed by atoms with Gasteiger partial charge < -0.3 is 20.1 Å². The van der Waals surface area contributed by atoms with Gasteiger partial charge in [0.05, 0.1) is 12.7 Å². The number of nitrogens with zero attached hydrogens (tertiary/aromatic N) is 1. The third-order valence-corrected chi connectivity index (χ3v) is 9.56. The summed E-state index contributed by atoms with van der Waals surface area (Å²) in [6.45, 7) is 2.78. The van der Waals surface area contributed by atoms with Crippen LogP contribution in [0, 0.1) is 5.92 Å². The fourth-order valence-electron chi connectivity index (χ4n) is 5.95. The topological polar surface area (TPSA) is 61.8 Å². The summed E-state index contributed by atoms with van der Waals surface area (Å²) in [7, 11) is 1.68. The maximum atomic E-state index is 12.8. The second-order valence-electron chi connectivity index (χ2n) is 10.2. The number of nitrogens with one attached hydrogen (secondary N) is 1. The summed E-state index contributed by atoms with van der Waals surface area (Å²) < 4.78 is 6.56. The van der Waals surface area contributed by atoms with E-state index in [-0.39, 0.29) is 11.9 Å². The first kappa shape index (κ1) is 24.0. The number of carbonyl (C=O) groups is 1. The van der Waals surface area contributed by atoms with Crippen LogP contribution in [0.5, 0.6) is 5.75 Å². The lowest BCUT2D eigenvalue weighted by Crippen LogP contribution is -2.67. The Kier molecular flexibility index (Phi) is 6.90. The second-order valence-corrected chi connectivity index (χ2v) is 12.1. The van der Waals surface area contributed by atoms with Crippen LogP contribution in [0.1, 0.15) is 49.0 Å². The molecule has 1 aliphatic heterocycles. The van der Waals surface area contributed by atoms with Crippen molar-refractivity contribution >= 4 is 39.2 Å². The lowest BCUT2D eigenvalue weighted by Gasteiger charge is -2.58. The van der Waals surface area contributed by atoms with Crippen LogP contribution in [0.3, 0.4) is 0 Å². The summed E-state index contributed by atoms with van der Waals surface area (Å²) >= 11 is 5.05. The molecule has 182 valence electrons. The highest BCUT2D eigenvalue weighted by atomic mass is 79.9. The zero-order chi connectivity index (χ0) is 23.8. The number of fused-ring (bicyclic) bond motifs is 1. The maximum absolute atomic E-state index is 12.8. The Hall–Kier alpha value is -1.67. The maximum Gasteiger partial charge on any atom is 0.244 e. The molecule has 2 saturated carbocycles. The highest BCUT2D eigenvalue weighted by Gasteiger charge is 2.57. The van der Waals surface area contributed by atoms with E-state index < -0.39 is 11.0 Å². The number of ether oxygens (including phenoxy) is 1. The fraction of sp³-hybridized carbons (Fsp3) is 0.519. The molecule has 5 nitrogen and oxygen atoms in total. The van der Waals surface area contributed by atoms with Crippen molar-refractivity contribution < 1.29 is 14.6 Å². The molecule has 3 atom stereocenters. The molecular weight excluding hydrogens is 512 g/mol. The molecule has 2 N–H and O–H groups in total. The van der Waals surface area contributed by atoms with Crippen LogP contribution >= 0.6 is 27.3 Å². The molecule has 1 saturated heterocycles. The van der Waals surface area contributed by atoms with E-state index in [1.807, 2.05) is 29.7 Å². The van der Waals surface area contributed by atoms with Gasteiger partial charge in [-0.15, -0.1) is 11.3 Å². The van der Waals surface area contributed by atoms with Gasteiger partial charge in [-0.1, -0.05) is 12.1 Å². The Morgan fingerprint density at radius 2 is 2.18 bits per heavy atom. The number of aliphatic hydroxyl groups is 1. The van der Waals surface area contributed by atoms with Gasteiger partial charge in [-0.25, -0.2) is 0 Å². The highest BCUT2D eigenvalue weighted by Crippen LogP contribution is 2.52. The van der Waals surface area contributed by atoms with Crippen molar-refractivity contribution in [3.63, 3.8) is 0 Å². The van der Waals surface area contributed by atoms with Gasteiger partial charge in [0, 0.05) is 45.4 Å². The van der Waals surface area contributed by atoms with Crippen molar-refractivity contribution in [3.8, 4) is 5.75 Å². The van der Waals surface area contributed by atoms with Crippen LogP contribution in [0.15, 0.2) is 46.3 Å². The van der Waals surface area contributed by atoms with E-state index >= 15 is 0 Å². The third kappa shape index (κ3) is 4.99. The number of methoxy groups -OCH3 is 1. The predicted octanol–water partition coefficient (Wildman–Crippen LogP) is 4.99. The number of amides is 1. The summed E-state index contributed by atoms with van der Waals surface area (Å²) in [5.41, 5.74) is -0.0919. The number of thiophene rings is 1. The molecule has 1 aromatic heterocycles. The van der Waals surface area contributed by atoms with E-state index in [0.29, 0.717) is 13.0 Å². The van der Waals surface area contributed by atoms with Gasteiger partial charge in [0.1, 0.15) is 5.75 Å². The van der Waals surface area contributed by atoms with Crippen molar-refractivity contribution in [2.24, 2.45) is 5.92 Å². The molecule has 0 spiro atoms. The van der Waals surface area contributed by atoms with Gasteiger partial charge in [0.25, 0.3) is 0 Å². The average Bonchev–Trinajstić information content (AvgIpc) is 3.55. The number of halogens is 1. The van der Waals surface area contributed by atoms with Crippen LogP contribution < -0.4 is 10.1 Å². The number of hydrogen-bond acceptors (Lipinski definition) is 5. The molecule has 2 aliphatic carbocycles. The van der Waals surface area contributed by atoms with Crippen LogP contribution in [0.4, 0.5) is 0 Å². The van der Waals surface area contributed by atoms with Crippen LogP contribution in [-0.4, -0.2) is 54.3 Å². The Balaban J connectivity index is 1.36. The van der Waals surface area contributed by atoms with E-state index in [2.05, 4.69) is 38.3 Å². The standard InChI is InChI=1S/C27H33BrN2O3S/c1-33-23-4-2-3-20(13-23)26-11-12-30(16-19-5-6-19)18-27(26,32)10-9-22(15-26)29-25(31)8-7-24-14-21(28)17-34-24/h2-4,7-8,13-14,17,19,22,32H,5-6,9-12,15-16,18H2,1H3,(H,29,31)/b8-7+/t22-,26-,27-/m0/s1. The Bertz CT molecular complexity index is 1070. The lowest BCUT2D eigenvalue weighted by molar-refractivity contribution is -0.132. The second kappa shape index (κ2) is 9.76. The van der Waals surface area contributed by atoms with Crippen molar-refractivity contribution in [2.75, 3.05) is 26.7 Å². The van der Waals surface area contributed by atoms with Gasteiger partial charge in [-0.3, -0.25) is 4.79 Å². The minimum Gasteiger partial charge on any atom is -0.497 e. The number of rotatable bonds is 7. The molecule has 7 heteroatoms. The summed E-state index contributed by atoms with van der Waals surface area (Å²) in [6, 6.07) is 10.2. The molecule has 0 unspecified atom stereocenters. The minimum absolute atomic E-state index is 0.0219. The van der Waals surface area contributed by atoms with Crippen molar-refractivity contribution in [3.05, 3.63) is 56.7 Å². The van der Waals surface area contributed by atoms with Crippen molar-refractivity contribution in [2.45, 2.75) is 55.6 Å². The van der Waals surface area contributed by atoms with E-state index in [1.54, 1.807) is 24.5 Å². The van der Waals surface area contributed by atoms with Gasteiger partial charge in [0.2, 0.25) is 5.91 Å². The molecule has 0 radical (unpaired) electrons. The SMILES string of the molecule is COc1cccc([C@@]23CCN(CC4CC4)C[C@@]2(O)CC[C@H](NC(=O)/C=C/c2cc(Br)cs2)C3)c1. The molecule has 2 aromatic rings. The van der Waals surface area contributed by atoms with Crippen LogP contribution in [-0.2, 0) is 10.2 Å². The molecule has 34 heavy (non-hydrogen) atoms. The summed E-state index contributed by atoms with van der Waals surface area (Å²) in [6.07, 6.45) is 9.20. The number of hydrogen-bond donors (Lipinski definition) is 2. The van der Waals surface area contributed by atoms with E-state index in [4.69, 9.17) is 4.74 Å². The number of likely N-dealkylation sites (tertiary alicyclic amines) is 1. The van der Waals surface area contributed by atoms with E-state index in [1.165, 1.54) is 12.8 Å². The first-order valence-corrected chi connectivity index (χ1v) is 13.9. The quantitative estimate of drug-likeness (QED) is 0.482. The van der Waals surface area contributed by atoms with Gasteiger partial charge in [-0.05, 0) is 96.8 Å². The molecular formula is C27H33BrN2O3S. The Labute approximate surface area is 214 Å². The normalized spacial score (nSPS) is 29.7. The summed E-state index contributed by atoms with van der Waals surface area (Å²) in [5.74, 6) is 1.54. The molecule has 1 amide bonds. The third-order valence-electron chi connectivity index (χ3n) is 7.90. The van der Waals surface area contributed by atoms with Crippen molar-refractivity contribution in [1.29, 1.82) is 0 Å². The molecule has 3 fully saturated rings. The van der Waals surface area contributed by atoms with Crippen LogP contribution in [0.2, 0.25) is 0 Å². The molecule has 2 heterocycles. The van der Waals surface area contributed by atoms with Gasteiger partial charge >= 0.3 is 0 Å². The average molecular weight is 546 g/mol. The summed E-state index contributed by atoms with van der Waals surface area (Å²) in [5, 5.41) is 17.4. The fourth-order valence-corrected chi connectivity index (χ4v) is 7.28. The number of β-amino-alcohol motifs (C(OH)–C–C–N with tert-alkyl or cyclic N) is 1.